The second kappa shape index (κ2) is 9.32. The number of hydrogen-bond acceptors (Lipinski definition) is 7. The van der Waals surface area contributed by atoms with Gasteiger partial charge in [-0.2, -0.15) is 4.98 Å². The number of aliphatic hydroxyl groups is 1. The summed E-state index contributed by atoms with van der Waals surface area (Å²) in [4.78, 5) is 13.4. The molecule has 3 aromatic rings. The SMILES string of the molecule is CCC(C)Oc1nc(Nc2cc3cccc(NCCCO)c3cn2)cnc1C. The zero-order valence-corrected chi connectivity index (χ0v) is 16.6. The Labute approximate surface area is 165 Å². The van der Waals surface area contributed by atoms with E-state index in [1.54, 1.807) is 6.20 Å². The van der Waals surface area contributed by atoms with Gasteiger partial charge in [0, 0.05) is 30.4 Å². The van der Waals surface area contributed by atoms with Gasteiger partial charge in [0.25, 0.3) is 0 Å². The van der Waals surface area contributed by atoms with Crippen LogP contribution in [0.2, 0.25) is 0 Å². The maximum Gasteiger partial charge on any atom is 0.237 e. The normalized spacial score (nSPS) is 12.0. The van der Waals surface area contributed by atoms with Crippen LogP contribution in [0.5, 0.6) is 5.88 Å². The Morgan fingerprint density at radius 2 is 2.04 bits per heavy atom. The first-order valence-electron chi connectivity index (χ1n) is 9.61. The molecule has 2 heterocycles. The molecule has 3 N–H and O–H groups in total. The molecule has 0 radical (unpaired) electrons. The Hall–Kier alpha value is -2.93. The summed E-state index contributed by atoms with van der Waals surface area (Å²) in [7, 11) is 0. The van der Waals surface area contributed by atoms with Crippen molar-refractivity contribution >= 4 is 28.1 Å². The number of pyridine rings is 1. The summed E-state index contributed by atoms with van der Waals surface area (Å²) in [5.41, 5.74) is 1.76. The Bertz CT molecular complexity index is 932. The number of aliphatic hydroxyl groups excluding tert-OH is 1. The summed E-state index contributed by atoms with van der Waals surface area (Å²) in [5.74, 6) is 1.82. The summed E-state index contributed by atoms with van der Waals surface area (Å²) in [6.07, 6.45) is 5.20. The molecule has 0 aliphatic rings. The van der Waals surface area contributed by atoms with Gasteiger partial charge in [-0.25, -0.2) is 4.98 Å². The average molecular weight is 381 g/mol. The molecular formula is C21H27N5O2. The predicted molar refractivity (Wildman–Crippen MR) is 112 cm³/mol. The lowest BCUT2D eigenvalue weighted by molar-refractivity contribution is 0.206. The highest BCUT2D eigenvalue weighted by Gasteiger charge is 2.10. The van der Waals surface area contributed by atoms with Gasteiger partial charge in [-0.1, -0.05) is 19.1 Å². The van der Waals surface area contributed by atoms with Crippen LogP contribution in [0.3, 0.4) is 0 Å². The summed E-state index contributed by atoms with van der Waals surface area (Å²) < 4.78 is 5.85. The van der Waals surface area contributed by atoms with Crippen LogP contribution < -0.4 is 15.4 Å². The van der Waals surface area contributed by atoms with E-state index in [-0.39, 0.29) is 12.7 Å². The number of nitrogens with zero attached hydrogens (tertiary/aromatic N) is 3. The van der Waals surface area contributed by atoms with E-state index in [0.717, 1.165) is 28.6 Å². The molecule has 1 unspecified atom stereocenters. The zero-order valence-electron chi connectivity index (χ0n) is 16.6. The molecule has 2 aromatic heterocycles. The number of anilines is 3. The minimum Gasteiger partial charge on any atom is -0.473 e. The van der Waals surface area contributed by atoms with E-state index in [4.69, 9.17) is 9.84 Å². The third-order valence-electron chi connectivity index (χ3n) is 4.47. The van der Waals surface area contributed by atoms with Crippen molar-refractivity contribution in [2.45, 2.75) is 39.7 Å². The fourth-order valence-electron chi connectivity index (χ4n) is 2.71. The number of benzene rings is 1. The molecule has 7 nitrogen and oxygen atoms in total. The first kappa shape index (κ1) is 19.8. The molecule has 148 valence electrons. The monoisotopic (exact) mass is 381 g/mol. The maximum absolute atomic E-state index is 8.95. The van der Waals surface area contributed by atoms with Gasteiger partial charge in [0.15, 0.2) is 5.82 Å². The number of rotatable bonds is 9. The Morgan fingerprint density at radius 1 is 1.18 bits per heavy atom. The number of hydrogen-bond donors (Lipinski definition) is 3. The lowest BCUT2D eigenvalue weighted by Crippen LogP contribution is -2.13. The van der Waals surface area contributed by atoms with Crippen LogP contribution >= 0.6 is 0 Å². The molecular weight excluding hydrogens is 354 g/mol. The average Bonchev–Trinajstić information content (AvgIpc) is 2.70. The van der Waals surface area contributed by atoms with Crippen LogP contribution in [0.15, 0.2) is 36.7 Å². The number of nitrogens with one attached hydrogen (secondary N) is 2. The number of aryl methyl sites for hydroxylation is 1. The van der Waals surface area contributed by atoms with Crippen molar-refractivity contribution in [3.8, 4) is 5.88 Å². The molecule has 0 spiro atoms. The van der Waals surface area contributed by atoms with E-state index >= 15 is 0 Å². The van der Waals surface area contributed by atoms with Gasteiger partial charge in [0.05, 0.1) is 18.0 Å². The third-order valence-corrected chi connectivity index (χ3v) is 4.47. The van der Waals surface area contributed by atoms with Crippen molar-refractivity contribution in [2.24, 2.45) is 0 Å². The van der Waals surface area contributed by atoms with Gasteiger partial charge in [-0.3, -0.25) is 4.98 Å². The van der Waals surface area contributed by atoms with Gasteiger partial charge in [-0.15, -0.1) is 0 Å². The van der Waals surface area contributed by atoms with Gasteiger partial charge >= 0.3 is 0 Å². The topological polar surface area (TPSA) is 92.2 Å². The molecule has 0 saturated heterocycles. The molecule has 0 aliphatic carbocycles. The van der Waals surface area contributed by atoms with Gasteiger partial charge in [-0.05, 0) is 44.2 Å². The Kier molecular flexibility index (Phi) is 6.60. The van der Waals surface area contributed by atoms with Crippen LogP contribution in [-0.4, -0.2) is 39.3 Å². The minimum absolute atomic E-state index is 0.0822. The first-order chi connectivity index (χ1) is 13.6. The van der Waals surface area contributed by atoms with Crippen molar-refractivity contribution in [2.75, 3.05) is 23.8 Å². The van der Waals surface area contributed by atoms with E-state index in [2.05, 4.69) is 32.5 Å². The fraction of sp³-hybridized carbons (Fsp3) is 0.381. The van der Waals surface area contributed by atoms with Gasteiger partial charge < -0.3 is 20.5 Å². The van der Waals surface area contributed by atoms with Crippen molar-refractivity contribution in [1.82, 2.24) is 15.0 Å². The van der Waals surface area contributed by atoms with E-state index in [0.29, 0.717) is 30.5 Å². The molecule has 3 rings (SSSR count). The van der Waals surface area contributed by atoms with Crippen molar-refractivity contribution in [3.63, 3.8) is 0 Å². The van der Waals surface area contributed by atoms with Crippen LogP contribution in [0.1, 0.15) is 32.4 Å². The summed E-state index contributed by atoms with van der Waals surface area (Å²) in [6, 6.07) is 8.02. The smallest absolute Gasteiger partial charge is 0.237 e. The largest absolute Gasteiger partial charge is 0.473 e. The van der Waals surface area contributed by atoms with Crippen molar-refractivity contribution < 1.29 is 9.84 Å². The molecule has 1 aromatic carbocycles. The molecule has 0 fully saturated rings. The molecule has 28 heavy (non-hydrogen) atoms. The molecule has 0 saturated carbocycles. The zero-order chi connectivity index (χ0) is 19.9. The lowest BCUT2D eigenvalue weighted by Gasteiger charge is -2.14. The van der Waals surface area contributed by atoms with E-state index < -0.39 is 0 Å². The second-order valence-corrected chi connectivity index (χ2v) is 6.71. The number of aromatic nitrogens is 3. The van der Waals surface area contributed by atoms with E-state index in [1.807, 2.05) is 44.3 Å². The Balaban J connectivity index is 1.80. The van der Waals surface area contributed by atoms with Crippen LogP contribution in [0, 0.1) is 6.92 Å². The Morgan fingerprint density at radius 3 is 2.82 bits per heavy atom. The highest BCUT2D eigenvalue weighted by atomic mass is 16.5. The third kappa shape index (κ3) is 4.86. The predicted octanol–water partition coefficient (Wildman–Crippen LogP) is 4.05. The molecule has 0 amide bonds. The molecule has 1 atom stereocenters. The van der Waals surface area contributed by atoms with E-state index in [1.165, 1.54) is 0 Å². The van der Waals surface area contributed by atoms with Gasteiger partial charge in [0.1, 0.15) is 5.82 Å². The van der Waals surface area contributed by atoms with E-state index in [9.17, 15) is 0 Å². The number of fused-ring (bicyclic) bond motifs is 1. The summed E-state index contributed by atoms with van der Waals surface area (Å²) in [5, 5.41) is 17.6. The summed E-state index contributed by atoms with van der Waals surface area (Å²) in [6.45, 7) is 6.85. The maximum atomic E-state index is 8.95. The summed E-state index contributed by atoms with van der Waals surface area (Å²) >= 11 is 0. The van der Waals surface area contributed by atoms with Crippen molar-refractivity contribution in [1.29, 1.82) is 0 Å². The highest BCUT2D eigenvalue weighted by molar-refractivity contribution is 5.94. The van der Waals surface area contributed by atoms with Gasteiger partial charge in [0.2, 0.25) is 5.88 Å². The van der Waals surface area contributed by atoms with Crippen LogP contribution in [-0.2, 0) is 0 Å². The molecule has 0 aliphatic heterocycles. The van der Waals surface area contributed by atoms with Crippen LogP contribution in [0.4, 0.5) is 17.3 Å². The van der Waals surface area contributed by atoms with Crippen LogP contribution in [0.25, 0.3) is 10.8 Å². The highest BCUT2D eigenvalue weighted by Crippen LogP contribution is 2.26. The second-order valence-electron chi connectivity index (χ2n) is 6.71. The number of ether oxygens (including phenoxy) is 1. The first-order valence-corrected chi connectivity index (χ1v) is 9.61. The minimum atomic E-state index is 0.0822. The lowest BCUT2D eigenvalue weighted by atomic mass is 10.1. The fourth-order valence-corrected chi connectivity index (χ4v) is 2.71. The molecule has 7 heteroatoms. The standard InChI is InChI=1S/C21H27N5O2/c1-4-14(2)28-21-15(3)23-13-20(26-21)25-19-11-16-7-5-8-18(17(16)12-24-19)22-9-6-10-27/h5,7-8,11-14,22,27H,4,6,9-10H2,1-3H3,(H,24,25,26). The quantitative estimate of drug-likeness (QED) is 0.482. The molecule has 0 bridgehead atoms. The van der Waals surface area contributed by atoms with Crippen molar-refractivity contribution in [3.05, 3.63) is 42.4 Å².